The predicted molar refractivity (Wildman–Crippen MR) is 108 cm³/mol. The molecule has 0 aliphatic rings. The summed E-state index contributed by atoms with van der Waals surface area (Å²) >= 11 is 0. The zero-order valence-electron chi connectivity index (χ0n) is 16.8. The Bertz CT molecular complexity index is 876. The molecule has 0 fully saturated rings. The van der Waals surface area contributed by atoms with Crippen molar-refractivity contribution in [2.75, 3.05) is 0 Å². The Morgan fingerprint density at radius 2 is 1.52 bits per heavy atom. The number of non-ortho nitro benzene ring substituents is 2. The maximum absolute atomic E-state index is 12.6. The van der Waals surface area contributed by atoms with Gasteiger partial charge in [0.25, 0.3) is 11.4 Å². The lowest BCUT2D eigenvalue weighted by Crippen LogP contribution is -2.31. The van der Waals surface area contributed by atoms with Crippen LogP contribution in [0.25, 0.3) is 0 Å². The Morgan fingerprint density at radius 3 is 1.97 bits per heavy atom. The number of carbonyl (C=O) groups is 1. The van der Waals surface area contributed by atoms with Crippen LogP contribution in [0.4, 0.5) is 11.4 Å². The van der Waals surface area contributed by atoms with E-state index in [0.29, 0.717) is 6.42 Å². The Balaban J connectivity index is 2.26. The molecule has 0 aromatic heterocycles. The predicted octanol–water partition coefficient (Wildman–Crippen LogP) is 5.27. The van der Waals surface area contributed by atoms with Gasteiger partial charge in [-0.15, -0.1) is 0 Å². The van der Waals surface area contributed by atoms with E-state index in [1.54, 1.807) is 13.8 Å². The molecule has 8 nitrogen and oxygen atoms in total. The molecule has 0 amide bonds. The molecule has 0 saturated carbocycles. The van der Waals surface area contributed by atoms with Gasteiger partial charge in [-0.2, -0.15) is 0 Å². The van der Waals surface area contributed by atoms with Crippen molar-refractivity contribution in [1.82, 2.24) is 0 Å². The number of ether oxygens (including phenoxy) is 1. The van der Waals surface area contributed by atoms with Gasteiger partial charge in [-0.3, -0.25) is 20.2 Å². The smallest absolute Gasteiger partial charge is 0.339 e. The molecule has 2 rings (SSSR count). The van der Waals surface area contributed by atoms with Crippen LogP contribution < -0.4 is 0 Å². The molecule has 0 spiro atoms. The lowest BCUT2D eigenvalue weighted by molar-refractivity contribution is -0.394. The Hall–Kier alpha value is -3.29. The fourth-order valence-corrected chi connectivity index (χ4v) is 3.24. The molecular formula is C21H24N2O6. The monoisotopic (exact) mass is 400 g/mol. The third-order valence-electron chi connectivity index (χ3n) is 4.67. The number of esters is 1. The molecule has 0 radical (unpaired) electrons. The van der Waals surface area contributed by atoms with E-state index >= 15 is 0 Å². The molecule has 0 unspecified atom stereocenters. The SMILES string of the molecule is CC(C)[C@H](CC(C)(C)OC(=O)c1cc([N+](=O)[O-])cc([N+](=O)[O-])c1)c1ccccc1. The number of nitrogens with zero attached hydrogens (tertiary/aromatic N) is 2. The normalized spacial score (nSPS) is 12.4. The number of carbonyl (C=O) groups excluding carboxylic acids is 1. The number of benzene rings is 2. The summed E-state index contributed by atoms with van der Waals surface area (Å²) in [4.78, 5) is 33.2. The summed E-state index contributed by atoms with van der Waals surface area (Å²) < 4.78 is 5.61. The summed E-state index contributed by atoms with van der Waals surface area (Å²) in [6.45, 7) is 7.68. The number of hydrogen-bond acceptors (Lipinski definition) is 6. The molecule has 0 aliphatic heterocycles. The minimum atomic E-state index is -0.888. The minimum absolute atomic E-state index is 0.124. The lowest BCUT2D eigenvalue weighted by atomic mass is 9.80. The first-order valence-electron chi connectivity index (χ1n) is 9.22. The van der Waals surface area contributed by atoms with Crippen molar-refractivity contribution in [2.45, 2.75) is 45.6 Å². The summed E-state index contributed by atoms with van der Waals surface area (Å²) in [7, 11) is 0. The van der Waals surface area contributed by atoms with Gasteiger partial charge in [0.1, 0.15) is 5.60 Å². The molecule has 154 valence electrons. The molecule has 0 N–H and O–H groups in total. The lowest BCUT2D eigenvalue weighted by Gasteiger charge is -2.32. The fourth-order valence-electron chi connectivity index (χ4n) is 3.24. The van der Waals surface area contributed by atoms with Gasteiger partial charge in [0.05, 0.1) is 21.5 Å². The van der Waals surface area contributed by atoms with E-state index in [-0.39, 0.29) is 17.4 Å². The molecule has 8 heteroatoms. The maximum atomic E-state index is 12.6. The van der Waals surface area contributed by atoms with Gasteiger partial charge < -0.3 is 4.74 Å². The van der Waals surface area contributed by atoms with Crippen LogP contribution in [-0.2, 0) is 4.74 Å². The van der Waals surface area contributed by atoms with Crippen molar-refractivity contribution in [3.8, 4) is 0 Å². The largest absolute Gasteiger partial charge is 0.456 e. The Labute approximate surface area is 168 Å². The van der Waals surface area contributed by atoms with E-state index in [0.717, 1.165) is 23.8 Å². The summed E-state index contributed by atoms with van der Waals surface area (Å²) in [6.07, 6.45) is 0.525. The number of nitro groups is 2. The third kappa shape index (κ3) is 5.84. The van der Waals surface area contributed by atoms with Crippen molar-refractivity contribution < 1.29 is 19.4 Å². The van der Waals surface area contributed by atoms with Gasteiger partial charge >= 0.3 is 5.97 Å². The molecule has 1 atom stereocenters. The average Bonchev–Trinajstić information content (AvgIpc) is 2.65. The van der Waals surface area contributed by atoms with Crippen LogP contribution in [0.1, 0.15) is 56.0 Å². The van der Waals surface area contributed by atoms with Gasteiger partial charge in [-0.05, 0) is 37.7 Å². The molecule has 0 heterocycles. The molecular weight excluding hydrogens is 376 g/mol. The van der Waals surface area contributed by atoms with Crippen molar-refractivity contribution in [2.24, 2.45) is 5.92 Å². The number of rotatable bonds is 8. The zero-order chi connectivity index (χ0) is 21.8. The van der Waals surface area contributed by atoms with Crippen LogP contribution in [0.2, 0.25) is 0 Å². The van der Waals surface area contributed by atoms with E-state index in [1.807, 2.05) is 30.3 Å². The molecule has 29 heavy (non-hydrogen) atoms. The van der Waals surface area contributed by atoms with Crippen LogP contribution in [0.15, 0.2) is 48.5 Å². The summed E-state index contributed by atoms with van der Waals surface area (Å²) in [5.41, 5.74) is -1.06. The van der Waals surface area contributed by atoms with Gasteiger partial charge in [0.2, 0.25) is 0 Å². The molecule has 2 aromatic rings. The van der Waals surface area contributed by atoms with Gasteiger partial charge in [0.15, 0.2) is 0 Å². The van der Waals surface area contributed by atoms with Crippen LogP contribution in [0.3, 0.4) is 0 Å². The quantitative estimate of drug-likeness (QED) is 0.339. The second-order valence-electron chi connectivity index (χ2n) is 7.87. The van der Waals surface area contributed by atoms with E-state index < -0.39 is 32.8 Å². The second kappa shape index (κ2) is 8.81. The highest BCUT2D eigenvalue weighted by Crippen LogP contribution is 2.35. The Morgan fingerprint density at radius 1 is 1.00 bits per heavy atom. The fraction of sp³-hybridized carbons (Fsp3) is 0.381. The van der Waals surface area contributed by atoms with E-state index in [9.17, 15) is 25.0 Å². The van der Waals surface area contributed by atoms with Crippen molar-refractivity contribution in [3.63, 3.8) is 0 Å². The number of hydrogen-bond donors (Lipinski definition) is 0. The third-order valence-corrected chi connectivity index (χ3v) is 4.67. The number of nitro benzene ring substituents is 2. The van der Waals surface area contributed by atoms with Gasteiger partial charge in [-0.25, -0.2) is 4.79 Å². The van der Waals surface area contributed by atoms with E-state index in [4.69, 9.17) is 4.74 Å². The standard InChI is InChI=1S/C21H24N2O6/c1-14(2)19(15-8-6-5-7-9-15)13-21(3,4)29-20(24)16-10-17(22(25)26)12-18(11-16)23(27)28/h5-12,14,19H,13H2,1-4H3/t19-/m0/s1. The van der Waals surface area contributed by atoms with Crippen LogP contribution in [0, 0.1) is 26.1 Å². The molecule has 0 bridgehead atoms. The second-order valence-corrected chi connectivity index (χ2v) is 7.87. The van der Waals surface area contributed by atoms with Crippen molar-refractivity contribution >= 4 is 17.3 Å². The van der Waals surface area contributed by atoms with Crippen molar-refractivity contribution in [1.29, 1.82) is 0 Å². The molecule has 0 saturated heterocycles. The highest BCUT2D eigenvalue weighted by Gasteiger charge is 2.31. The average molecular weight is 400 g/mol. The maximum Gasteiger partial charge on any atom is 0.339 e. The Kier molecular flexibility index (Phi) is 6.68. The first kappa shape index (κ1) is 22.0. The van der Waals surface area contributed by atoms with Crippen molar-refractivity contribution in [3.05, 3.63) is 79.9 Å². The minimum Gasteiger partial charge on any atom is -0.456 e. The topological polar surface area (TPSA) is 113 Å². The van der Waals surface area contributed by atoms with Gasteiger partial charge in [-0.1, -0.05) is 44.2 Å². The zero-order valence-corrected chi connectivity index (χ0v) is 16.8. The first-order chi connectivity index (χ1) is 13.5. The summed E-state index contributed by atoms with van der Waals surface area (Å²) in [5, 5.41) is 22.1. The highest BCUT2D eigenvalue weighted by atomic mass is 16.6. The highest BCUT2D eigenvalue weighted by molar-refractivity contribution is 5.91. The van der Waals surface area contributed by atoms with Crippen LogP contribution in [0.5, 0.6) is 0 Å². The first-order valence-corrected chi connectivity index (χ1v) is 9.22. The molecule has 0 aliphatic carbocycles. The van der Waals surface area contributed by atoms with E-state index in [1.165, 1.54) is 0 Å². The summed E-state index contributed by atoms with van der Waals surface area (Å²) in [6, 6.07) is 12.7. The van der Waals surface area contributed by atoms with Gasteiger partial charge in [0, 0.05) is 12.1 Å². The van der Waals surface area contributed by atoms with E-state index in [2.05, 4.69) is 13.8 Å². The van der Waals surface area contributed by atoms with Crippen LogP contribution in [-0.4, -0.2) is 21.4 Å². The summed E-state index contributed by atoms with van der Waals surface area (Å²) in [5.74, 6) is -0.426. The molecule has 2 aromatic carbocycles. The van der Waals surface area contributed by atoms with Crippen LogP contribution >= 0.6 is 0 Å².